The maximum absolute atomic E-state index is 12.0. The van der Waals surface area contributed by atoms with Crippen molar-refractivity contribution in [3.63, 3.8) is 0 Å². The molecule has 1 unspecified atom stereocenters. The molecule has 9 heteroatoms. The molecule has 20 heavy (non-hydrogen) atoms. The number of methoxy groups -OCH3 is 3. The Hall–Kier alpha value is -0.0331. The van der Waals surface area contributed by atoms with E-state index in [0.717, 1.165) is 16.3 Å². The van der Waals surface area contributed by atoms with Gasteiger partial charge in [0, 0.05) is 31.6 Å². The average Bonchev–Trinajstić information content (AvgIpc) is 2.38. The van der Waals surface area contributed by atoms with Crippen LogP contribution >= 0.6 is 0 Å². The fourth-order valence-electron chi connectivity index (χ4n) is 2.18. The monoisotopic (exact) mass is 329 g/mol. The van der Waals surface area contributed by atoms with Gasteiger partial charge < -0.3 is 14.2 Å². The first kappa shape index (κ1) is 20.0. The summed E-state index contributed by atoms with van der Waals surface area (Å²) in [4.78, 5) is -0.0369. The van der Waals surface area contributed by atoms with E-state index in [4.69, 9.17) is 14.2 Å². The molecule has 1 atom stereocenters. The topological polar surface area (TPSA) is 85.3 Å². The maximum Gasteiger partial charge on any atom is 0.285 e. The molecule has 0 heterocycles. The van der Waals surface area contributed by atoms with Crippen molar-refractivity contribution in [1.29, 1.82) is 0 Å². The van der Waals surface area contributed by atoms with Crippen molar-refractivity contribution >= 4 is 20.4 Å². The van der Waals surface area contributed by atoms with Crippen LogP contribution in [0.3, 0.4) is 0 Å². The lowest BCUT2D eigenvalue weighted by atomic mass is 10.0. The Bertz CT molecular complexity index is 376. The highest BCUT2D eigenvalue weighted by Crippen LogP contribution is 2.36. The van der Waals surface area contributed by atoms with E-state index in [1.807, 2.05) is 0 Å². The van der Waals surface area contributed by atoms with E-state index in [1.54, 1.807) is 14.1 Å². The minimum atomic E-state index is -4.36. The Morgan fingerprint density at radius 3 is 1.85 bits per heavy atom. The van der Waals surface area contributed by atoms with Crippen molar-refractivity contribution in [2.75, 3.05) is 35.4 Å². The first-order valence-electron chi connectivity index (χ1n) is 6.44. The van der Waals surface area contributed by atoms with Crippen LogP contribution in [0.1, 0.15) is 19.3 Å². The third kappa shape index (κ3) is 4.23. The van der Waals surface area contributed by atoms with Gasteiger partial charge in [-0.1, -0.05) is 12.5 Å². The smallest absolute Gasteiger partial charge is 0.285 e. The summed E-state index contributed by atoms with van der Waals surface area (Å²) in [6.45, 7) is 0. The van der Waals surface area contributed by atoms with Gasteiger partial charge in [0.25, 0.3) is 16.1 Å². The fourth-order valence-corrected chi connectivity index (χ4v) is 3.76. The van der Waals surface area contributed by atoms with E-state index in [0.29, 0.717) is 6.42 Å². The molecule has 0 rings (SSSR count). The molecule has 0 aliphatic rings. The summed E-state index contributed by atoms with van der Waals surface area (Å²) in [7, 11) is 3.91. The summed E-state index contributed by atoms with van der Waals surface area (Å²) in [5, 5.41) is 0. The number of hydrogen-bond acceptors (Lipinski definition) is 6. The molecule has 0 aromatic rings. The summed E-state index contributed by atoms with van der Waals surface area (Å²) in [6.07, 6.45) is 0.814. The molecule has 0 saturated carbocycles. The van der Waals surface area contributed by atoms with Crippen molar-refractivity contribution in [3.8, 4) is 0 Å². The quantitative estimate of drug-likeness (QED) is 0.334. The third-order valence-corrected chi connectivity index (χ3v) is 6.02. The number of rotatable bonds is 10. The highest BCUT2D eigenvalue weighted by molar-refractivity contribution is 7.87. The molecule has 0 aromatic heterocycles. The van der Waals surface area contributed by atoms with Crippen LogP contribution in [0.5, 0.6) is 0 Å². The van der Waals surface area contributed by atoms with Crippen LogP contribution in [-0.2, 0) is 24.3 Å². The molecular formula is C11H27NO6SSi. The Kier molecular flexibility index (Phi) is 7.82. The normalized spacial score (nSPS) is 16.6. The van der Waals surface area contributed by atoms with Gasteiger partial charge in [0.05, 0.1) is 6.42 Å². The van der Waals surface area contributed by atoms with Gasteiger partial charge in [-0.05, 0) is 20.5 Å². The van der Waals surface area contributed by atoms with Gasteiger partial charge >= 0.3 is 0 Å². The Morgan fingerprint density at radius 1 is 1.15 bits per heavy atom. The lowest BCUT2D eigenvalue weighted by Crippen LogP contribution is -2.57. The number of ether oxygens (including phenoxy) is 3. The van der Waals surface area contributed by atoms with Crippen molar-refractivity contribution < 1.29 is 27.2 Å². The second-order valence-corrected chi connectivity index (χ2v) is 7.60. The second-order valence-electron chi connectivity index (χ2n) is 4.89. The first-order valence-corrected chi connectivity index (χ1v) is 9.30. The SMILES string of the molecule is COC(CC(CCC[SiH3])(N(C)C)S(=O)(=O)O)(OC)OC. The first-order chi connectivity index (χ1) is 9.14. The van der Waals surface area contributed by atoms with Crippen molar-refractivity contribution in [3.05, 3.63) is 0 Å². The van der Waals surface area contributed by atoms with Crippen molar-refractivity contribution in [1.82, 2.24) is 4.90 Å². The maximum atomic E-state index is 12.0. The van der Waals surface area contributed by atoms with Crippen LogP contribution in [-0.4, -0.2) is 74.4 Å². The predicted molar refractivity (Wildman–Crippen MR) is 80.3 cm³/mol. The molecule has 0 aliphatic carbocycles. The van der Waals surface area contributed by atoms with E-state index >= 15 is 0 Å². The van der Waals surface area contributed by atoms with Crippen LogP contribution in [0.15, 0.2) is 0 Å². The summed E-state index contributed by atoms with van der Waals surface area (Å²) < 4.78 is 49.3. The molecule has 0 radical (unpaired) electrons. The number of nitrogens with zero attached hydrogens (tertiary/aromatic N) is 1. The summed E-state index contributed by atoms with van der Waals surface area (Å²) in [5.74, 6) is -1.52. The van der Waals surface area contributed by atoms with E-state index in [2.05, 4.69) is 0 Å². The van der Waals surface area contributed by atoms with Crippen LogP contribution in [0.4, 0.5) is 0 Å². The molecule has 122 valence electrons. The largest absolute Gasteiger partial charge is 0.331 e. The minimum Gasteiger partial charge on any atom is -0.331 e. The van der Waals surface area contributed by atoms with Gasteiger partial charge in [-0.15, -0.1) is 0 Å². The molecule has 0 aromatic carbocycles. The van der Waals surface area contributed by atoms with E-state index < -0.39 is 21.0 Å². The highest BCUT2D eigenvalue weighted by atomic mass is 32.2. The van der Waals surface area contributed by atoms with E-state index in [-0.39, 0.29) is 12.8 Å². The van der Waals surface area contributed by atoms with Gasteiger partial charge in [0.1, 0.15) is 0 Å². The zero-order valence-corrected chi connectivity index (χ0v) is 16.0. The third-order valence-electron chi connectivity index (χ3n) is 3.64. The summed E-state index contributed by atoms with van der Waals surface area (Å²) in [6, 6.07) is 0.936. The van der Waals surface area contributed by atoms with Crippen LogP contribution in [0, 0.1) is 0 Å². The minimum absolute atomic E-state index is 0.156. The van der Waals surface area contributed by atoms with Gasteiger partial charge in [-0.25, -0.2) is 0 Å². The Balaban J connectivity index is 5.73. The van der Waals surface area contributed by atoms with Gasteiger partial charge in [0.15, 0.2) is 4.87 Å². The standard InChI is InChI=1S/C11H27NO6SSi/c1-12(2)10(7-6-8-20,19(13,14)15)9-11(16-3,17-4)18-5/h6-9H2,1-5,20H3,(H,13,14,15). The summed E-state index contributed by atoms with van der Waals surface area (Å²) >= 11 is 0. The lowest BCUT2D eigenvalue weighted by molar-refractivity contribution is -0.361. The molecule has 0 spiro atoms. The van der Waals surface area contributed by atoms with Crippen LogP contribution in [0.2, 0.25) is 6.04 Å². The highest BCUT2D eigenvalue weighted by Gasteiger charge is 2.52. The predicted octanol–water partition coefficient (Wildman–Crippen LogP) is -0.321. The molecule has 0 bridgehead atoms. The van der Waals surface area contributed by atoms with Crippen LogP contribution in [0.25, 0.3) is 0 Å². The zero-order valence-electron chi connectivity index (χ0n) is 13.2. The molecule has 0 saturated heterocycles. The molecular weight excluding hydrogens is 302 g/mol. The average molecular weight is 329 g/mol. The zero-order chi connectivity index (χ0) is 16.0. The van der Waals surface area contributed by atoms with Gasteiger partial charge in [-0.3, -0.25) is 9.45 Å². The van der Waals surface area contributed by atoms with Crippen molar-refractivity contribution in [2.24, 2.45) is 0 Å². The van der Waals surface area contributed by atoms with Crippen molar-refractivity contribution in [2.45, 2.75) is 36.2 Å². The molecule has 7 nitrogen and oxygen atoms in total. The van der Waals surface area contributed by atoms with Crippen LogP contribution < -0.4 is 0 Å². The second kappa shape index (κ2) is 7.83. The lowest BCUT2D eigenvalue weighted by Gasteiger charge is -2.42. The number of hydrogen-bond donors (Lipinski definition) is 1. The molecule has 0 aliphatic heterocycles. The molecule has 1 N–H and O–H groups in total. The van der Waals surface area contributed by atoms with Gasteiger partial charge in [-0.2, -0.15) is 8.42 Å². The Morgan fingerprint density at radius 2 is 1.60 bits per heavy atom. The summed E-state index contributed by atoms with van der Waals surface area (Å²) in [5.41, 5.74) is 0. The molecule has 0 amide bonds. The Labute approximate surface area is 124 Å². The molecule has 0 fully saturated rings. The van der Waals surface area contributed by atoms with E-state index in [1.165, 1.54) is 26.2 Å². The fraction of sp³-hybridized carbons (Fsp3) is 1.00. The van der Waals surface area contributed by atoms with E-state index in [9.17, 15) is 13.0 Å². The van der Waals surface area contributed by atoms with Gasteiger partial charge in [0.2, 0.25) is 0 Å².